The molecule has 1 heterocycles. The quantitative estimate of drug-likeness (QED) is 0.879. The first-order valence-corrected chi connectivity index (χ1v) is 8.63. The van der Waals surface area contributed by atoms with Crippen molar-refractivity contribution >= 4 is 26.6 Å². The molecule has 1 aromatic carbocycles. The number of nitrogens with zero attached hydrogens (tertiary/aromatic N) is 1. The Morgan fingerprint density at radius 3 is 2.75 bits per heavy atom. The molecule has 0 radical (unpaired) electrons. The fraction of sp³-hybridized carbons (Fsp3) is 0.500. The van der Waals surface area contributed by atoms with Crippen molar-refractivity contribution in [2.24, 2.45) is 0 Å². The molecule has 108 valence electrons. The standard InChI is InChI=1S/C14H18N2O3S/c15-10-6-7-12-13(8-10)19-14(16-12)9-20(17,18)11-4-2-1-3-5-11/h6-8,11H,1-5,9,15H2. The minimum absolute atomic E-state index is 0.119. The van der Waals surface area contributed by atoms with Gasteiger partial charge in [-0.25, -0.2) is 13.4 Å². The van der Waals surface area contributed by atoms with Gasteiger partial charge in [-0.15, -0.1) is 0 Å². The third-order valence-corrected chi connectivity index (χ3v) is 5.98. The smallest absolute Gasteiger partial charge is 0.210 e. The van der Waals surface area contributed by atoms with Gasteiger partial charge in [0.1, 0.15) is 11.3 Å². The van der Waals surface area contributed by atoms with Crippen LogP contribution in [0.15, 0.2) is 22.6 Å². The third kappa shape index (κ3) is 2.65. The molecule has 5 nitrogen and oxygen atoms in total. The zero-order chi connectivity index (χ0) is 14.2. The number of hydrogen-bond acceptors (Lipinski definition) is 5. The minimum Gasteiger partial charge on any atom is -0.440 e. The fourth-order valence-electron chi connectivity index (χ4n) is 2.76. The first kappa shape index (κ1) is 13.4. The van der Waals surface area contributed by atoms with Gasteiger partial charge in [0.05, 0.1) is 5.25 Å². The first-order chi connectivity index (χ1) is 9.54. The number of hydrogen-bond donors (Lipinski definition) is 1. The van der Waals surface area contributed by atoms with Crippen molar-refractivity contribution in [1.82, 2.24) is 4.98 Å². The molecule has 0 saturated heterocycles. The van der Waals surface area contributed by atoms with Gasteiger partial charge in [0, 0.05) is 11.8 Å². The van der Waals surface area contributed by atoms with Gasteiger partial charge in [0.25, 0.3) is 0 Å². The maximum absolute atomic E-state index is 12.4. The topological polar surface area (TPSA) is 86.2 Å². The number of anilines is 1. The number of aromatic nitrogens is 1. The summed E-state index contributed by atoms with van der Waals surface area (Å²) >= 11 is 0. The van der Waals surface area contributed by atoms with E-state index in [4.69, 9.17) is 10.2 Å². The van der Waals surface area contributed by atoms with Crippen molar-refractivity contribution < 1.29 is 12.8 Å². The molecule has 0 amide bonds. The number of oxazole rings is 1. The van der Waals surface area contributed by atoms with Crippen molar-refractivity contribution in [3.63, 3.8) is 0 Å². The number of rotatable bonds is 3. The SMILES string of the molecule is Nc1ccc2nc(CS(=O)(=O)C3CCCCC3)oc2c1. The average molecular weight is 294 g/mol. The predicted octanol–water partition coefficient (Wildman–Crippen LogP) is 2.66. The largest absolute Gasteiger partial charge is 0.440 e. The normalized spacial score (nSPS) is 17.6. The zero-order valence-electron chi connectivity index (χ0n) is 11.2. The Balaban J connectivity index is 1.84. The lowest BCUT2D eigenvalue weighted by Gasteiger charge is -2.20. The van der Waals surface area contributed by atoms with Gasteiger partial charge in [-0.05, 0) is 25.0 Å². The highest BCUT2D eigenvalue weighted by Gasteiger charge is 2.29. The Hall–Kier alpha value is -1.56. The van der Waals surface area contributed by atoms with Crippen LogP contribution in [0.3, 0.4) is 0 Å². The summed E-state index contributed by atoms with van der Waals surface area (Å²) in [7, 11) is -3.18. The minimum atomic E-state index is -3.18. The summed E-state index contributed by atoms with van der Waals surface area (Å²) in [5.41, 5.74) is 7.44. The molecule has 1 aliphatic carbocycles. The molecular formula is C14H18N2O3S. The Morgan fingerprint density at radius 1 is 1.25 bits per heavy atom. The maximum Gasteiger partial charge on any atom is 0.210 e. The lowest BCUT2D eigenvalue weighted by molar-refractivity contribution is 0.477. The van der Waals surface area contributed by atoms with E-state index in [0.717, 1.165) is 32.1 Å². The van der Waals surface area contributed by atoms with Gasteiger partial charge in [-0.3, -0.25) is 0 Å². The first-order valence-electron chi connectivity index (χ1n) is 6.91. The molecule has 0 unspecified atom stereocenters. The third-order valence-electron chi connectivity index (χ3n) is 3.84. The fourth-order valence-corrected chi connectivity index (χ4v) is 4.52. The molecule has 2 aromatic rings. The van der Waals surface area contributed by atoms with E-state index in [9.17, 15) is 8.42 Å². The van der Waals surface area contributed by atoms with Gasteiger partial charge in [0.15, 0.2) is 15.4 Å². The molecule has 20 heavy (non-hydrogen) atoms. The Bertz CT molecular complexity index is 715. The van der Waals surface area contributed by atoms with Crippen LogP contribution in [0, 0.1) is 0 Å². The molecule has 3 rings (SSSR count). The Kier molecular flexibility index (Phi) is 3.41. The second-order valence-corrected chi connectivity index (χ2v) is 7.68. The monoisotopic (exact) mass is 294 g/mol. The molecule has 1 aliphatic rings. The summed E-state index contributed by atoms with van der Waals surface area (Å²) in [4.78, 5) is 4.23. The van der Waals surface area contributed by atoms with E-state index in [0.29, 0.717) is 16.8 Å². The predicted molar refractivity (Wildman–Crippen MR) is 77.9 cm³/mol. The van der Waals surface area contributed by atoms with Gasteiger partial charge in [0.2, 0.25) is 5.89 Å². The second-order valence-electron chi connectivity index (χ2n) is 5.40. The van der Waals surface area contributed by atoms with Gasteiger partial charge >= 0.3 is 0 Å². The van der Waals surface area contributed by atoms with Crippen molar-refractivity contribution in [1.29, 1.82) is 0 Å². The van der Waals surface area contributed by atoms with Crippen molar-refractivity contribution in [2.75, 3.05) is 5.73 Å². The van der Waals surface area contributed by atoms with E-state index in [2.05, 4.69) is 4.98 Å². The maximum atomic E-state index is 12.4. The number of nitrogen functional groups attached to an aromatic ring is 1. The molecule has 1 aromatic heterocycles. The summed E-state index contributed by atoms with van der Waals surface area (Å²) in [6, 6.07) is 5.13. The van der Waals surface area contributed by atoms with E-state index in [1.165, 1.54) is 0 Å². The van der Waals surface area contributed by atoms with Crippen LogP contribution in [0.2, 0.25) is 0 Å². The summed E-state index contributed by atoms with van der Waals surface area (Å²) < 4.78 is 30.3. The molecular weight excluding hydrogens is 276 g/mol. The van der Waals surface area contributed by atoms with E-state index < -0.39 is 9.84 Å². The second kappa shape index (κ2) is 5.09. The highest BCUT2D eigenvalue weighted by molar-refractivity contribution is 7.91. The average Bonchev–Trinajstić information content (AvgIpc) is 2.80. The van der Waals surface area contributed by atoms with Crippen molar-refractivity contribution in [3.05, 3.63) is 24.1 Å². The molecule has 1 fully saturated rings. The molecule has 0 bridgehead atoms. The van der Waals surface area contributed by atoms with Crippen LogP contribution < -0.4 is 5.73 Å². The van der Waals surface area contributed by atoms with Crippen LogP contribution in [0.25, 0.3) is 11.1 Å². The Labute approximate surface area is 118 Å². The zero-order valence-corrected chi connectivity index (χ0v) is 12.0. The van der Waals surface area contributed by atoms with Crippen LogP contribution in [-0.2, 0) is 15.6 Å². The number of sulfone groups is 1. The van der Waals surface area contributed by atoms with Gasteiger partial charge in [-0.2, -0.15) is 0 Å². The summed E-state index contributed by atoms with van der Waals surface area (Å²) in [5.74, 6) is 0.142. The van der Waals surface area contributed by atoms with Crippen molar-refractivity contribution in [2.45, 2.75) is 43.1 Å². The highest BCUT2D eigenvalue weighted by Crippen LogP contribution is 2.27. The molecule has 0 spiro atoms. The van der Waals surface area contributed by atoms with E-state index in [-0.39, 0.29) is 16.9 Å². The summed E-state index contributed by atoms with van der Waals surface area (Å²) in [5, 5.41) is -0.240. The van der Waals surface area contributed by atoms with Gasteiger partial charge in [-0.1, -0.05) is 19.3 Å². The Morgan fingerprint density at radius 2 is 2.00 bits per heavy atom. The number of nitrogens with two attached hydrogens (primary N) is 1. The van der Waals surface area contributed by atoms with E-state index in [1.54, 1.807) is 18.2 Å². The van der Waals surface area contributed by atoms with Crippen molar-refractivity contribution in [3.8, 4) is 0 Å². The van der Waals surface area contributed by atoms with Crippen LogP contribution in [0.4, 0.5) is 5.69 Å². The van der Waals surface area contributed by atoms with E-state index in [1.807, 2.05) is 0 Å². The molecule has 2 N–H and O–H groups in total. The molecule has 1 saturated carbocycles. The van der Waals surface area contributed by atoms with Crippen LogP contribution in [0.1, 0.15) is 38.0 Å². The number of fused-ring (bicyclic) bond motifs is 1. The lowest BCUT2D eigenvalue weighted by atomic mass is 10.0. The van der Waals surface area contributed by atoms with Crippen LogP contribution in [0.5, 0.6) is 0 Å². The molecule has 6 heteroatoms. The van der Waals surface area contributed by atoms with Crippen LogP contribution in [-0.4, -0.2) is 18.7 Å². The van der Waals surface area contributed by atoms with Crippen LogP contribution >= 0.6 is 0 Å². The highest BCUT2D eigenvalue weighted by atomic mass is 32.2. The summed E-state index contributed by atoms with van der Waals surface area (Å²) in [6.45, 7) is 0. The molecule has 0 aliphatic heterocycles. The molecule has 0 atom stereocenters. The number of benzene rings is 1. The summed E-state index contributed by atoms with van der Waals surface area (Å²) in [6.07, 6.45) is 4.64. The van der Waals surface area contributed by atoms with Gasteiger partial charge < -0.3 is 10.2 Å². The van der Waals surface area contributed by atoms with E-state index >= 15 is 0 Å². The lowest BCUT2D eigenvalue weighted by Crippen LogP contribution is -2.25.